The lowest BCUT2D eigenvalue weighted by Crippen LogP contribution is -1.96. The van der Waals surface area contributed by atoms with E-state index in [1.54, 1.807) is 36.9 Å². The summed E-state index contributed by atoms with van der Waals surface area (Å²) in [5, 5.41) is 9.62. The van der Waals surface area contributed by atoms with Gasteiger partial charge in [0.1, 0.15) is 6.33 Å². The zero-order chi connectivity index (χ0) is 17.6. The van der Waals surface area contributed by atoms with Crippen molar-refractivity contribution in [2.24, 2.45) is 7.05 Å². The van der Waals surface area contributed by atoms with Crippen molar-refractivity contribution < 1.29 is 14.2 Å². The van der Waals surface area contributed by atoms with Gasteiger partial charge in [0.05, 0.1) is 26.7 Å². The van der Waals surface area contributed by atoms with Crippen LogP contribution in [0, 0.1) is 0 Å². The highest BCUT2D eigenvalue weighted by atomic mass is 16.5. The molecule has 0 bridgehead atoms. The standard InChI is InChI=1S/C16H16N6O3/c1-21-7-10-15(19-21)17-8-22-16(10)18-14(20-22)9-5-11(23-2)13(25-4)12(6-9)24-3/h5-8H,1-4H3. The average molecular weight is 340 g/mol. The minimum absolute atomic E-state index is 0.522. The van der Waals surface area contributed by atoms with Gasteiger partial charge in [-0.3, -0.25) is 4.68 Å². The number of ether oxygens (including phenoxy) is 3. The van der Waals surface area contributed by atoms with Gasteiger partial charge >= 0.3 is 0 Å². The van der Waals surface area contributed by atoms with Crippen molar-refractivity contribution in [3.63, 3.8) is 0 Å². The maximum Gasteiger partial charge on any atom is 0.203 e. The fourth-order valence-electron chi connectivity index (χ4n) is 2.76. The van der Waals surface area contributed by atoms with Crippen LogP contribution in [-0.2, 0) is 7.05 Å². The number of hydrogen-bond donors (Lipinski definition) is 0. The lowest BCUT2D eigenvalue weighted by atomic mass is 10.1. The second-order valence-corrected chi connectivity index (χ2v) is 5.40. The molecule has 0 unspecified atom stereocenters. The Morgan fingerprint density at radius 3 is 2.32 bits per heavy atom. The van der Waals surface area contributed by atoms with Crippen LogP contribution in [0.3, 0.4) is 0 Å². The van der Waals surface area contributed by atoms with Gasteiger partial charge in [-0.15, -0.1) is 5.10 Å². The van der Waals surface area contributed by atoms with Crippen molar-refractivity contribution in [1.82, 2.24) is 29.4 Å². The van der Waals surface area contributed by atoms with Gasteiger partial charge in [0, 0.05) is 18.8 Å². The third-order valence-corrected chi connectivity index (χ3v) is 3.89. The Balaban J connectivity index is 1.93. The van der Waals surface area contributed by atoms with E-state index in [1.165, 1.54) is 0 Å². The quantitative estimate of drug-likeness (QED) is 0.558. The molecule has 0 radical (unpaired) electrons. The topological polar surface area (TPSA) is 88.6 Å². The first-order valence-corrected chi connectivity index (χ1v) is 7.49. The van der Waals surface area contributed by atoms with E-state index in [2.05, 4.69) is 20.2 Å². The summed E-state index contributed by atoms with van der Waals surface area (Å²) in [5.41, 5.74) is 2.05. The Morgan fingerprint density at radius 2 is 1.68 bits per heavy atom. The fraction of sp³-hybridized carbons (Fsp3) is 0.250. The molecule has 3 heterocycles. The van der Waals surface area contributed by atoms with Crippen LogP contribution in [0.15, 0.2) is 24.7 Å². The molecule has 0 saturated heterocycles. The molecule has 0 fully saturated rings. The smallest absolute Gasteiger partial charge is 0.203 e. The number of methoxy groups -OCH3 is 3. The highest BCUT2D eigenvalue weighted by Crippen LogP contribution is 2.40. The van der Waals surface area contributed by atoms with Gasteiger partial charge in [0.25, 0.3) is 0 Å². The molecule has 0 N–H and O–H groups in total. The van der Waals surface area contributed by atoms with E-state index in [4.69, 9.17) is 14.2 Å². The maximum absolute atomic E-state index is 5.40. The minimum Gasteiger partial charge on any atom is -0.493 e. The van der Waals surface area contributed by atoms with Crippen LogP contribution in [0.25, 0.3) is 28.1 Å². The van der Waals surface area contributed by atoms with Gasteiger partial charge in [-0.1, -0.05) is 0 Å². The van der Waals surface area contributed by atoms with Gasteiger partial charge in [0.2, 0.25) is 5.75 Å². The third kappa shape index (κ3) is 2.32. The van der Waals surface area contributed by atoms with Crippen LogP contribution in [0.5, 0.6) is 17.2 Å². The monoisotopic (exact) mass is 340 g/mol. The number of nitrogens with zero attached hydrogens (tertiary/aromatic N) is 6. The van der Waals surface area contributed by atoms with Gasteiger partial charge in [-0.05, 0) is 12.1 Å². The Labute approximate surface area is 142 Å². The van der Waals surface area contributed by atoms with Crippen molar-refractivity contribution in [1.29, 1.82) is 0 Å². The lowest BCUT2D eigenvalue weighted by Gasteiger charge is -2.12. The zero-order valence-corrected chi connectivity index (χ0v) is 14.2. The van der Waals surface area contributed by atoms with Crippen molar-refractivity contribution >= 4 is 16.7 Å². The molecule has 1 aromatic carbocycles. The molecular formula is C16H16N6O3. The Morgan fingerprint density at radius 1 is 0.960 bits per heavy atom. The molecule has 0 atom stereocenters. The summed E-state index contributed by atoms with van der Waals surface area (Å²) >= 11 is 0. The molecule has 25 heavy (non-hydrogen) atoms. The molecule has 0 saturated carbocycles. The molecule has 3 aromatic heterocycles. The number of aromatic nitrogens is 6. The predicted molar refractivity (Wildman–Crippen MR) is 90.1 cm³/mol. The van der Waals surface area contributed by atoms with Gasteiger partial charge in [0.15, 0.2) is 28.6 Å². The zero-order valence-electron chi connectivity index (χ0n) is 14.2. The fourth-order valence-corrected chi connectivity index (χ4v) is 2.76. The molecule has 0 aliphatic carbocycles. The molecule has 0 aliphatic rings. The van der Waals surface area contributed by atoms with E-state index in [0.717, 1.165) is 10.9 Å². The third-order valence-electron chi connectivity index (χ3n) is 3.89. The summed E-state index contributed by atoms with van der Waals surface area (Å²) in [5.74, 6) is 2.13. The summed E-state index contributed by atoms with van der Waals surface area (Å²) in [6, 6.07) is 3.62. The van der Waals surface area contributed by atoms with Crippen molar-refractivity contribution in [2.75, 3.05) is 21.3 Å². The Hall–Kier alpha value is -3.36. The highest BCUT2D eigenvalue weighted by Gasteiger charge is 2.18. The number of benzene rings is 1. The number of aryl methyl sites for hydroxylation is 1. The maximum atomic E-state index is 5.40. The van der Waals surface area contributed by atoms with Gasteiger partial charge in [-0.2, -0.15) is 5.10 Å². The van der Waals surface area contributed by atoms with E-state index in [0.29, 0.717) is 34.4 Å². The number of hydrogen-bond acceptors (Lipinski definition) is 7. The molecule has 0 amide bonds. The van der Waals surface area contributed by atoms with E-state index >= 15 is 0 Å². The van der Waals surface area contributed by atoms with Crippen molar-refractivity contribution in [3.05, 3.63) is 24.7 Å². The molecule has 9 nitrogen and oxygen atoms in total. The van der Waals surface area contributed by atoms with Crippen LogP contribution in [0.2, 0.25) is 0 Å². The first-order valence-electron chi connectivity index (χ1n) is 7.49. The SMILES string of the molecule is COc1cc(-c2nc3c4cn(C)nc4ncn3n2)cc(OC)c1OC. The van der Waals surface area contributed by atoms with E-state index in [9.17, 15) is 0 Å². The summed E-state index contributed by atoms with van der Waals surface area (Å²) in [7, 11) is 6.55. The van der Waals surface area contributed by atoms with E-state index in [1.807, 2.05) is 25.4 Å². The summed E-state index contributed by atoms with van der Waals surface area (Å²) in [6.07, 6.45) is 3.46. The highest BCUT2D eigenvalue weighted by molar-refractivity contribution is 5.88. The summed E-state index contributed by atoms with van der Waals surface area (Å²) in [6.45, 7) is 0. The molecule has 128 valence electrons. The number of rotatable bonds is 4. The van der Waals surface area contributed by atoms with Gasteiger partial charge in [-0.25, -0.2) is 14.5 Å². The van der Waals surface area contributed by atoms with Gasteiger partial charge < -0.3 is 14.2 Å². The molecule has 0 spiro atoms. The normalized spacial score (nSPS) is 11.2. The largest absolute Gasteiger partial charge is 0.493 e. The molecule has 9 heteroatoms. The second kappa shape index (κ2) is 5.62. The van der Waals surface area contributed by atoms with E-state index in [-0.39, 0.29) is 0 Å². The molecule has 0 aliphatic heterocycles. The molecule has 4 aromatic rings. The summed E-state index contributed by atoms with van der Waals surface area (Å²) < 4.78 is 19.5. The van der Waals surface area contributed by atoms with Crippen LogP contribution in [0.4, 0.5) is 0 Å². The summed E-state index contributed by atoms with van der Waals surface area (Å²) in [4.78, 5) is 8.93. The van der Waals surface area contributed by atoms with Crippen LogP contribution < -0.4 is 14.2 Å². The lowest BCUT2D eigenvalue weighted by molar-refractivity contribution is 0.324. The second-order valence-electron chi connectivity index (χ2n) is 5.40. The minimum atomic E-state index is 0.522. The molecular weight excluding hydrogens is 324 g/mol. The first-order chi connectivity index (χ1) is 12.1. The van der Waals surface area contributed by atoms with Crippen LogP contribution in [-0.4, -0.2) is 50.7 Å². The van der Waals surface area contributed by atoms with Crippen LogP contribution >= 0.6 is 0 Å². The Bertz CT molecular complexity index is 1060. The van der Waals surface area contributed by atoms with Crippen molar-refractivity contribution in [2.45, 2.75) is 0 Å². The van der Waals surface area contributed by atoms with Crippen molar-refractivity contribution in [3.8, 4) is 28.6 Å². The first kappa shape index (κ1) is 15.2. The predicted octanol–water partition coefficient (Wildman–Crippen LogP) is 1.70. The Kier molecular flexibility index (Phi) is 3.41. The number of fused-ring (bicyclic) bond motifs is 3. The molecule has 4 rings (SSSR count). The average Bonchev–Trinajstić information content (AvgIpc) is 3.22. The van der Waals surface area contributed by atoms with E-state index < -0.39 is 0 Å². The van der Waals surface area contributed by atoms with Crippen LogP contribution in [0.1, 0.15) is 0 Å².